The average molecular weight is 338 g/mol. The Bertz CT molecular complexity index is 578. The van der Waals surface area contributed by atoms with E-state index in [1.54, 1.807) is 12.1 Å². The van der Waals surface area contributed by atoms with Gasteiger partial charge in [0.1, 0.15) is 0 Å². The smallest absolute Gasteiger partial charge is 0.341 e. The van der Waals surface area contributed by atoms with Crippen LogP contribution < -0.4 is 9.47 Å². The first-order valence-corrected chi connectivity index (χ1v) is 7.92. The molecule has 134 valence electrons. The van der Waals surface area contributed by atoms with Crippen LogP contribution in [0.2, 0.25) is 0 Å². The van der Waals surface area contributed by atoms with Crippen LogP contribution in [-0.4, -0.2) is 79.0 Å². The zero-order chi connectivity index (χ0) is 17.7. The number of carboxylic acids is 1. The van der Waals surface area contributed by atoms with Crippen LogP contribution >= 0.6 is 0 Å². The lowest BCUT2D eigenvalue weighted by Crippen LogP contribution is -2.42. The van der Waals surface area contributed by atoms with Gasteiger partial charge in [-0.3, -0.25) is 4.90 Å². The van der Waals surface area contributed by atoms with Gasteiger partial charge in [-0.1, -0.05) is 6.07 Å². The summed E-state index contributed by atoms with van der Waals surface area (Å²) in [6.07, 6.45) is 0.740. The molecule has 1 saturated heterocycles. The summed E-state index contributed by atoms with van der Waals surface area (Å²) < 4.78 is 10.5. The first-order chi connectivity index (χ1) is 11.3. The maximum atomic E-state index is 10.7. The molecule has 0 radical (unpaired) electrons. The quantitative estimate of drug-likeness (QED) is 0.720. The number of aliphatic carboxylic acids is 1. The van der Waals surface area contributed by atoms with Crippen molar-refractivity contribution in [2.45, 2.75) is 18.6 Å². The van der Waals surface area contributed by atoms with Crippen molar-refractivity contribution in [3.63, 3.8) is 0 Å². The molecular formula is C17H26N2O5. The number of carbonyl (C=O) groups is 1. The number of rotatable bonds is 8. The molecule has 1 aromatic carbocycles. The molecule has 1 unspecified atom stereocenters. The molecule has 7 heteroatoms. The molecule has 1 aliphatic heterocycles. The van der Waals surface area contributed by atoms with Crippen LogP contribution in [0.15, 0.2) is 18.2 Å². The second-order valence-corrected chi connectivity index (χ2v) is 6.59. The summed E-state index contributed by atoms with van der Waals surface area (Å²) in [7, 11) is 5.43. The molecule has 1 heterocycles. The second-order valence-electron chi connectivity index (χ2n) is 6.59. The number of benzene rings is 1. The SMILES string of the molecule is COc1ccc(CN2CCC(O)(CN(C)C)C2)cc1OCC(=O)O. The molecule has 0 bridgehead atoms. The van der Waals surface area contributed by atoms with E-state index in [0.717, 1.165) is 18.5 Å². The van der Waals surface area contributed by atoms with Crippen LogP contribution in [0.5, 0.6) is 11.5 Å². The zero-order valence-corrected chi connectivity index (χ0v) is 14.5. The second kappa shape index (κ2) is 7.83. The molecule has 0 aliphatic carbocycles. The van der Waals surface area contributed by atoms with Crippen molar-refractivity contribution in [1.82, 2.24) is 9.80 Å². The Morgan fingerprint density at radius 3 is 2.75 bits per heavy atom. The minimum absolute atomic E-state index is 0.411. The zero-order valence-electron chi connectivity index (χ0n) is 14.5. The van der Waals surface area contributed by atoms with Gasteiger partial charge in [-0.15, -0.1) is 0 Å². The van der Waals surface area contributed by atoms with Crippen LogP contribution in [0.1, 0.15) is 12.0 Å². The average Bonchev–Trinajstić information content (AvgIpc) is 2.85. The van der Waals surface area contributed by atoms with Crippen LogP contribution in [0.25, 0.3) is 0 Å². The number of nitrogens with zero attached hydrogens (tertiary/aromatic N) is 2. The number of carboxylic acid groups (broad SMARTS) is 1. The van der Waals surface area contributed by atoms with Gasteiger partial charge in [0.15, 0.2) is 18.1 Å². The fourth-order valence-corrected chi connectivity index (χ4v) is 3.12. The van der Waals surface area contributed by atoms with Crippen molar-refractivity contribution >= 4 is 5.97 Å². The monoisotopic (exact) mass is 338 g/mol. The highest BCUT2D eigenvalue weighted by Crippen LogP contribution is 2.30. The summed E-state index contributed by atoms with van der Waals surface area (Å²) in [4.78, 5) is 14.9. The van der Waals surface area contributed by atoms with Crippen molar-refractivity contribution in [1.29, 1.82) is 0 Å². The Hall–Kier alpha value is -1.83. The van der Waals surface area contributed by atoms with Crippen LogP contribution in [0.4, 0.5) is 0 Å². The van der Waals surface area contributed by atoms with E-state index in [1.165, 1.54) is 7.11 Å². The molecule has 0 spiro atoms. The lowest BCUT2D eigenvalue weighted by atomic mass is 10.0. The minimum atomic E-state index is -1.03. The van der Waals surface area contributed by atoms with Gasteiger partial charge in [-0.2, -0.15) is 0 Å². The molecule has 7 nitrogen and oxygen atoms in total. The number of β-amino-alcohol motifs (C(OH)–C–C–N with tert-alkyl or cyclic N) is 1. The molecule has 1 fully saturated rings. The Balaban J connectivity index is 2.02. The van der Waals surface area contributed by atoms with Gasteiger partial charge in [0.05, 0.1) is 12.7 Å². The van der Waals surface area contributed by atoms with E-state index in [9.17, 15) is 9.90 Å². The minimum Gasteiger partial charge on any atom is -0.493 e. The molecule has 1 aromatic rings. The van der Waals surface area contributed by atoms with Gasteiger partial charge in [0.25, 0.3) is 0 Å². The summed E-state index contributed by atoms with van der Waals surface area (Å²) in [6, 6.07) is 5.50. The van der Waals surface area contributed by atoms with Crippen LogP contribution in [-0.2, 0) is 11.3 Å². The highest BCUT2D eigenvalue weighted by Gasteiger charge is 2.36. The van der Waals surface area contributed by atoms with Crippen molar-refractivity contribution in [3.05, 3.63) is 23.8 Å². The standard InChI is InChI=1S/C17H26N2O5/c1-18(2)11-17(22)6-7-19(12-17)9-13-4-5-14(23-3)15(8-13)24-10-16(20)21/h4-5,8,22H,6-7,9-12H2,1-3H3,(H,20,21). The van der Waals surface area contributed by atoms with Gasteiger partial charge in [0, 0.05) is 26.2 Å². The predicted octanol–water partition coefficient (Wildman–Crippen LogP) is 0.657. The van der Waals surface area contributed by atoms with E-state index in [2.05, 4.69) is 4.90 Å². The lowest BCUT2D eigenvalue weighted by Gasteiger charge is -2.26. The van der Waals surface area contributed by atoms with Gasteiger partial charge in [-0.05, 0) is 38.2 Å². The summed E-state index contributed by atoms with van der Waals surface area (Å²) in [5.74, 6) is -0.110. The number of hydrogen-bond donors (Lipinski definition) is 2. The third-order valence-electron chi connectivity index (χ3n) is 4.01. The number of hydrogen-bond acceptors (Lipinski definition) is 6. The van der Waals surface area contributed by atoms with E-state index >= 15 is 0 Å². The highest BCUT2D eigenvalue weighted by atomic mass is 16.5. The Kier molecular flexibility index (Phi) is 6.04. The molecule has 24 heavy (non-hydrogen) atoms. The van der Waals surface area contributed by atoms with Gasteiger partial charge in [0.2, 0.25) is 0 Å². The van der Waals surface area contributed by atoms with E-state index in [4.69, 9.17) is 14.6 Å². The molecule has 2 N–H and O–H groups in total. The molecule has 0 aromatic heterocycles. The largest absolute Gasteiger partial charge is 0.493 e. The molecular weight excluding hydrogens is 312 g/mol. The van der Waals surface area contributed by atoms with Crippen molar-refractivity contribution < 1.29 is 24.5 Å². The Labute approximate surface area is 142 Å². The lowest BCUT2D eigenvalue weighted by molar-refractivity contribution is -0.139. The Morgan fingerprint density at radius 2 is 2.12 bits per heavy atom. The summed E-state index contributed by atoms with van der Waals surface area (Å²) in [5, 5.41) is 19.4. The summed E-state index contributed by atoms with van der Waals surface area (Å²) >= 11 is 0. The first-order valence-electron chi connectivity index (χ1n) is 7.92. The highest BCUT2D eigenvalue weighted by molar-refractivity contribution is 5.68. The van der Waals surface area contributed by atoms with Crippen LogP contribution in [0, 0.1) is 0 Å². The van der Waals surface area contributed by atoms with E-state index in [0.29, 0.717) is 31.1 Å². The van der Waals surface area contributed by atoms with E-state index in [1.807, 2.05) is 25.1 Å². The van der Waals surface area contributed by atoms with Gasteiger partial charge >= 0.3 is 5.97 Å². The molecule has 1 atom stereocenters. The molecule has 0 saturated carbocycles. The van der Waals surface area contributed by atoms with Crippen LogP contribution in [0.3, 0.4) is 0 Å². The summed E-state index contributed by atoms with van der Waals surface area (Å²) in [5.41, 5.74) is 0.309. The molecule has 0 amide bonds. The number of methoxy groups -OCH3 is 1. The molecule has 1 aliphatic rings. The van der Waals surface area contributed by atoms with E-state index in [-0.39, 0.29) is 0 Å². The number of likely N-dealkylation sites (N-methyl/N-ethyl adjacent to an activating group) is 1. The summed E-state index contributed by atoms with van der Waals surface area (Å²) in [6.45, 7) is 2.33. The predicted molar refractivity (Wildman–Crippen MR) is 89.5 cm³/mol. The first kappa shape index (κ1) is 18.5. The maximum absolute atomic E-state index is 10.7. The third kappa shape index (κ3) is 5.09. The van der Waals surface area contributed by atoms with Crippen molar-refractivity contribution in [2.75, 3.05) is 47.4 Å². The van der Waals surface area contributed by atoms with E-state index < -0.39 is 18.2 Å². The third-order valence-corrected chi connectivity index (χ3v) is 4.01. The van der Waals surface area contributed by atoms with Gasteiger partial charge < -0.3 is 24.6 Å². The van der Waals surface area contributed by atoms with Crippen molar-refractivity contribution in [2.24, 2.45) is 0 Å². The molecule has 2 rings (SSSR count). The normalized spacial score (nSPS) is 21.2. The van der Waals surface area contributed by atoms with Crippen molar-refractivity contribution in [3.8, 4) is 11.5 Å². The van der Waals surface area contributed by atoms with Gasteiger partial charge in [-0.25, -0.2) is 4.79 Å². The number of likely N-dealkylation sites (tertiary alicyclic amines) is 1. The topological polar surface area (TPSA) is 82.5 Å². The fourth-order valence-electron chi connectivity index (χ4n) is 3.12. The number of aliphatic hydroxyl groups is 1. The maximum Gasteiger partial charge on any atom is 0.341 e. The fraction of sp³-hybridized carbons (Fsp3) is 0.588. The number of ether oxygens (including phenoxy) is 2. The Morgan fingerprint density at radius 1 is 1.38 bits per heavy atom.